The fourth-order valence-corrected chi connectivity index (χ4v) is 2.74. The Morgan fingerprint density at radius 1 is 1.04 bits per heavy atom. The highest BCUT2D eigenvalue weighted by Gasteiger charge is 2.44. The van der Waals surface area contributed by atoms with Crippen LogP contribution < -0.4 is 11.1 Å². The van der Waals surface area contributed by atoms with Crippen molar-refractivity contribution in [1.82, 2.24) is 24.8 Å². The molecule has 1 aromatic heterocycles. The first-order valence-corrected chi connectivity index (χ1v) is 8.91. The molecular formula is C18H21N7O3. The maximum atomic E-state index is 12.4. The van der Waals surface area contributed by atoms with Gasteiger partial charge >= 0.3 is 17.8 Å². The quantitative estimate of drug-likeness (QED) is 0.544. The molecule has 0 atom stereocenters. The average Bonchev–Trinajstić information content (AvgIpc) is 2.85. The molecular weight excluding hydrogens is 362 g/mol. The number of amides is 4. The first kappa shape index (κ1) is 19.2. The summed E-state index contributed by atoms with van der Waals surface area (Å²) in [6.07, 6.45) is 1.42. The first-order valence-electron chi connectivity index (χ1n) is 8.91. The van der Waals surface area contributed by atoms with Crippen molar-refractivity contribution in [3.8, 4) is 0 Å². The number of rotatable bonds is 7. The molecule has 0 spiro atoms. The lowest BCUT2D eigenvalue weighted by Gasteiger charge is -2.15. The van der Waals surface area contributed by atoms with Gasteiger partial charge < -0.3 is 11.1 Å². The van der Waals surface area contributed by atoms with Crippen molar-refractivity contribution in [3.63, 3.8) is 0 Å². The number of para-hydroxylation sites is 1. The van der Waals surface area contributed by atoms with E-state index in [4.69, 9.17) is 5.73 Å². The van der Waals surface area contributed by atoms with E-state index in [1.54, 1.807) is 0 Å². The SMILES string of the molecule is CCCCN1C(=O)C(=O)N(Cc2nc(N)nc(Nc3ccccc3C)n2)C1=O. The van der Waals surface area contributed by atoms with Gasteiger partial charge in [-0.1, -0.05) is 31.5 Å². The van der Waals surface area contributed by atoms with Gasteiger partial charge in [0.2, 0.25) is 11.9 Å². The second kappa shape index (κ2) is 7.99. The van der Waals surface area contributed by atoms with Crippen molar-refractivity contribution in [2.24, 2.45) is 0 Å². The van der Waals surface area contributed by atoms with Crippen LogP contribution in [-0.4, -0.2) is 49.1 Å². The summed E-state index contributed by atoms with van der Waals surface area (Å²) in [6.45, 7) is 3.80. The van der Waals surface area contributed by atoms with Crippen molar-refractivity contribution < 1.29 is 14.4 Å². The van der Waals surface area contributed by atoms with Crippen LogP contribution in [0.4, 0.5) is 22.4 Å². The van der Waals surface area contributed by atoms with E-state index >= 15 is 0 Å². The second-order valence-corrected chi connectivity index (χ2v) is 6.36. The molecule has 0 unspecified atom stereocenters. The Kier molecular flexibility index (Phi) is 5.48. The number of imide groups is 2. The topological polar surface area (TPSA) is 134 Å². The molecule has 1 saturated heterocycles. The molecule has 0 radical (unpaired) electrons. The molecule has 1 fully saturated rings. The fraction of sp³-hybridized carbons (Fsp3) is 0.333. The molecule has 2 aromatic rings. The van der Waals surface area contributed by atoms with Gasteiger partial charge in [0.1, 0.15) is 0 Å². The summed E-state index contributed by atoms with van der Waals surface area (Å²) in [5.41, 5.74) is 7.51. The van der Waals surface area contributed by atoms with Gasteiger partial charge in [-0.15, -0.1) is 0 Å². The van der Waals surface area contributed by atoms with E-state index < -0.39 is 17.8 Å². The van der Waals surface area contributed by atoms with Gasteiger partial charge in [0, 0.05) is 12.2 Å². The molecule has 10 nitrogen and oxygen atoms in total. The van der Waals surface area contributed by atoms with Crippen LogP contribution in [0.25, 0.3) is 0 Å². The number of benzene rings is 1. The number of nitrogen functional groups attached to an aromatic ring is 1. The number of aromatic nitrogens is 3. The van der Waals surface area contributed by atoms with Crippen LogP contribution in [-0.2, 0) is 16.1 Å². The van der Waals surface area contributed by atoms with Crippen LogP contribution in [0.3, 0.4) is 0 Å². The van der Waals surface area contributed by atoms with E-state index in [-0.39, 0.29) is 30.8 Å². The van der Waals surface area contributed by atoms with Crippen molar-refractivity contribution in [2.75, 3.05) is 17.6 Å². The highest BCUT2D eigenvalue weighted by molar-refractivity contribution is 6.44. The summed E-state index contributed by atoms with van der Waals surface area (Å²) in [4.78, 5) is 50.7. The molecule has 1 aromatic carbocycles. The number of nitrogens with two attached hydrogens (primary N) is 1. The maximum absolute atomic E-state index is 12.4. The number of hydrogen-bond donors (Lipinski definition) is 2. The van der Waals surface area contributed by atoms with Crippen LogP contribution in [0.15, 0.2) is 24.3 Å². The number of urea groups is 1. The molecule has 2 heterocycles. The molecule has 0 bridgehead atoms. The zero-order valence-corrected chi connectivity index (χ0v) is 15.7. The number of nitrogens with zero attached hydrogens (tertiary/aromatic N) is 5. The minimum atomic E-state index is -0.895. The summed E-state index contributed by atoms with van der Waals surface area (Å²) in [5, 5.41) is 3.04. The van der Waals surface area contributed by atoms with Gasteiger partial charge in [0.05, 0.1) is 6.54 Å². The van der Waals surface area contributed by atoms with Crippen molar-refractivity contribution in [1.29, 1.82) is 0 Å². The van der Waals surface area contributed by atoms with Gasteiger partial charge in [-0.25, -0.2) is 9.69 Å². The molecule has 10 heteroatoms. The highest BCUT2D eigenvalue weighted by Crippen LogP contribution is 2.19. The third-order valence-corrected chi connectivity index (χ3v) is 4.26. The number of carbonyl (C=O) groups is 3. The van der Waals surface area contributed by atoms with E-state index in [1.165, 1.54) is 0 Å². The van der Waals surface area contributed by atoms with Gasteiger partial charge in [-0.05, 0) is 25.0 Å². The smallest absolute Gasteiger partial charge is 0.334 e. The minimum Gasteiger partial charge on any atom is -0.368 e. The number of carbonyl (C=O) groups excluding carboxylic acids is 3. The lowest BCUT2D eigenvalue weighted by atomic mass is 10.2. The van der Waals surface area contributed by atoms with E-state index in [1.807, 2.05) is 38.1 Å². The van der Waals surface area contributed by atoms with Gasteiger partial charge in [0.25, 0.3) is 0 Å². The Morgan fingerprint density at radius 3 is 2.46 bits per heavy atom. The third-order valence-electron chi connectivity index (χ3n) is 4.26. The third kappa shape index (κ3) is 3.90. The zero-order chi connectivity index (χ0) is 20.3. The molecule has 0 saturated carbocycles. The molecule has 1 aliphatic heterocycles. The van der Waals surface area contributed by atoms with Gasteiger partial charge in [0.15, 0.2) is 5.82 Å². The van der Waals surface area contributed by atoms with Crippen LogP contribution in [0.1, 0.15) is 31.2 Å². The number of unbranched alkanes of at least 4 members (excludes halogenated alkanes) is 1. The lowest BCUT2D eigenvalue weighted by Crippen LogP contribution is -2.34. The fourth-order valence-electron chi connectivity index (χ4n) is 2.74. The Balaban J connectivity index is 1.80. The van der Waals surface area contributed by atoms with Crippen molar-refractivity contribution in [3.05, 3.63) is 35.7 Å². The molecule has 28 heavy (non-hydrogen) atoms. The van der Waals surface area contributed by atoms with Crippen LogP contribution in [0.2, 0.25) is 0 Å². The molecule has 0 aliphatic carbocycles. The largest absolute Gasteiger partial charge is 0.368 e. The first-order chi connectivity index (χ1) is 13.4. The van der Waals surface area contributed by atoms with E-state index in [2.05, 4.69) is 20.3 Å². The Labute approximate surface area is 161 Å². The molecule has 4 amide bonds. The number of anilines is 3. The van der Waals surface area contributed by atoms with Crippen LogP contribution in [0, 0.1) is 6.92 Å². The van der Waals surface area contributed by atoms with Gasteiger partial charge in [-0.3, -0.25) is 14.5 Å². The van der Waals surface area contributed by atoms with Gasteiger partial charge in [-0.2, -0.15) is 15.0 Å². The predicted molar refractivity (Wildman–Crippen MR) is 101 cm³/mol. The Hall–Kier alpha value is -3.56. The van der Waals surface area contributed by atoms with Crippen molar-refractivity contribution >= 4 is 35.4 Å². The second-order valence-electron chi connectivity index (χ2n) is 6.36. The number of aryl methyl sites for hydroxylation is 1. The van der Waals surface area contributed by atoms with Crippen molar-refractivity contribution in [2.45, 2.75) is 33.2 Å². The number of hydrogen-bond acceptors (Lipinski definition) is 8. The average molecular weight is 383 g/mol. The van der Waals surface area contributed by atoms with Crippen LogP contribution in [0.5, 0.6) is 0 Å². The normalized spacial score (nSPS) is 14.1. The molecule has 146 valence electrons. The minimum absolute atomic E-state index is 0.0608. The monoisotopic (exact) mass is 383 g/mol. The Morgan fingerprint density at radius 2 is 1.75 bits per heavy atom. The molecule has 3 rings (SSSR count). The Bertz CT molecular complexity index is 931. The molecule has 3 N–H and O–H groups in total. The summed E-state index contributed by atoms with van der Waals surface area (Å²) < 4.78 is 0. The summed E-state index contributed by atoms with van der Waals surface area (Å²) in [6, 6.07) is 6.87. The van der Waals surface area contributed by atoms with E-state index in [9.17, 15) is 14.4 Å². The van der Waals surface area contributed by atoms with Crippen LogP contribution >= 0.6 is 0 Å². The van der Waals surface area contributed by atoms with E-state index in [0.717, 1.165) is 27.5 Å². The zero-order valence-electron chi connectivity index (χ0n) is 15.7. The number of nitrogens with one attached hydrogen (secondary N) is 1. The summed E-state index contributed by atoms with van der Waals surface area (Å²) in [7, 11) is 0. The maximum Gasteiger partial charge on any atom is 0.334 e. The highest BCUT2D eigenvalue weighted by atomic mass is 16.2. The standard InChI is InChI=1S/C18H21N7O3/c1-3-4-9-24-14(26)15(27)25(18(24)28)10-13-21-16(19)23-17(22-13)20-12-8-6-5-7-11(12)2/h5-8H,3-4,9-10H2,1-2H3,(H3,19,20,21,22,23). The lowest BCUT2D eigenvalue weighted by molar-refractivity contribution is -0.143. The van der Waals surface area contributed by atoms with E-state index in [0.29, 0.717) is 6.42 Å². The predicted octanol–water partition coefficient (Wildman–Crippen LogP) is 1.60. The summed E-state index contributed by atoms with van der Waals surface area (Å²) >= 11 is 0. The molecule has 1 aliphatic rings. The summed E-state index contributed by atoms with van der Waals surface area (Å²) in [5.74, 6) is -1.50.